The number of aromatic nitrogens is 4. The Bertz CT molecular complexity index is 3690. The standard InChI is InChI=1S/C58H36N4O/c1-2-16-37(17-3-1)50-36-51(60-58(59-50)48-24-5-4-18-42(48)38-30-31-57-49(34-38)47-23-10-15-29-56(47)63-57)39-32-40(61-52-25-11-6-19-43(52)44-20-7-12-26-53(44)61)35-41(33-39)62-54-27-13-8-21-45(54)46-22-9-14-28-55(46)62/h1-36H. The zero-order chi connectivity index (χ0) is 41.4. The molecule has 0 fully saturated rings. The van der Waals surface area contributed by atoms with Crippen molar-refractivity contribution in [3.63, 3.8) is 0 Å². The van der Waals surface area contributed by atoms with Gasteiger partial charge < -0.3 is 13.6 Å². The molecular formula is C58H36N4O. The van der Waals surface area contributed by atoms with Crippen LogP contribution in [0.5, 0.6) is 0 Å². The summed E-state index contributed by atoms with van der Waals surface area (Å²) >= 11 is 0. The smallest absolute Gasteiger partial charge is 0.161 e. The average Bonchev–Trinajstić information content (AvgIpc) is 4.02. The molecule has 4 heterocycles. The lowest BCUT2D eigenvalue weighted by Gasteiger charge is -2.17. The van der Waals surface area contributed by atoms with E-state index < -0.39 is 0 Å². The van der Waals surface area contributed by atoms with E-state index in [4.69, 9.17) is 14.4 Å². The van der Waals surface area contributed by atoms with Crippen LogP contribution in [0, 0.1) is 0 Å². The Morgan fingerprint density at radius 1 is 0.302 bits per heavy atom. The van der Waals surface area contributed by atoms with Gasteiger partial charge in [-0.25, -0.2) is 9.97 Å². The molecule has 0 bridgehead atoms. The van der Waals surface area contributed by atoms with Crippen molar-refractivity contribution in [2.45, 2.75) is 0 Å². The number of fused-ring (bicyclic) bond motifs is 9. The summed E-state index contributed by atoms with van der Waals surface area (Å²) in [5.74, 6) is 0.653. The molecule has 13 aromatic rings. The Morgan fingerprint density at radius 2 is 0.762 bits per heavy atom. The van der Waals surface area contributed by atoms with Gasteiger partial charge in [0.25, 0.3) is 0 Å². The minimum Gasteiger partial charge on any atom is -0.456 e. The van der Waals surface area contributed by atoms with Crippen molar-refractivity contribution >= 4 is 65.6 Å². The van der Waals surface area contributed by atoms with Gasteiger partial charge in [0.2, 0.25) is 0 Å². The quantitative estimate of drug-likeness (QED) is 0.168. The van der Waals surface area contributed by atoms with Gasteiger partial charge in [0.1, 0.15) is 11.2 Å². The van der Waals surface area contributed by atoms with Gasteiger partial charge in [0, 0.05) is 60.4 Å². The normalized spacial score (nSPS) is 11.8. The van der Waals surface area contributed by atoms with Crippen molar-refractivity contribution in [3.05, 3.63) is 218 Å². The summed E-state index contributed by atoms with van der Waals surface area (Å²) in [5.41, 5.74) is 15.2. The highest BCUT2D eigenvalue weighted by Crippen LogP contribution is 2.40. The predicted octanol–water partition coefficient (Wildman–Crippen LogP) is 15.2. The summed E-state index contributed by atoms with van der Waals surface area (Å²) < 4.78 is 11.0. The van der Waals surface area contributed by atoms with Crippen molar-refractivity contribution in [2.75, 3.05) is 0 Å². The molecule has 0 saturated heterocycles. The molecular weight excluding hydrogens is 769 g/mol. The van der Waals surface area contributed by atoms with Crippen LogP contribution in [-0.4, -0.2) is 19.1 Å². The minimum absolute atomic E-state index is 0.653. The molecule has 5 heteroatoms. The number of benzene rings is 9. The van der Waals surface area contributed by atoms with Crippen LogP contribution >= 0.6 is 0 Å². The largest absolute Gasteiger partial charge is 0.456 e. The number of hydrogen-bond donors (Lipinski definition) is 0. The molecule has 0 spiro atoms. The van der Waals surface area contributed by atoms with Crippen LogP contribution in [-0.2, 0) is 0 Å². The van der Waals surface area contributed by atoms with Crippen LogP contribution in [0.25, 0.3) is 122 Å². The summed E-state index contributed by atoms with van der Waals surface area (Å²) in [7, 11) is 0. The van der Waals surface area contributed by atoms with Crippen LogP contribution < -0.4 is 0 Å². The molecule has 294 valence electrons. The average molecular weight is 805 g/mol. The van der Waals surface area contributed by atoms with E-state index in [1.807, 2.05) is 18.2 Å². The van der Waals surface area contributed by atoms with E-state index in [-0.39, 0.29) is 0 Å². The Balaban J connectivity index is 1.09. The van der Waals surface area contributed by atoms with Gasteiger partial charge in [-0.05, 0) is 77.9 Å². The first-order valence-corrected chi connectivity index (χ1v) is 21.3. The monoisotopic (exact) mass is 804 g/mol. The molecule has 0 N–H and O–H groups in total. The van der Waals surface area contributed by atoms with Crippen LogP contribution in [0.15, 0.2) is 223 Å². The molecule has 9 aromatic carbocycles. The molecule has 0 atom stereocenters. The maximum absolute atomic E-state index is 6.23. The molecule has 0 amide bonds. The molecule has 0 aliphatic carbocycles. The van der Waals surface area contributed by atoms with E-state index in [9.17, 15) is 0 Å². The predicted molar refractivity (Wildman–Crippen MR) is 260 cm³/mol. The van der Waals surface area contributed by atoms with Crippen molar-refractivity contribution in [1.29, 1.82) is 0 Å². The van der Waals surface area contributed by atoms with Crippen molar-refractivity contribution in [3.8, 4) is 56.4 Å². The first-order valence-electron chi connectivity index (χ1n) is 21.3. The van der Waals surface area contributed by atoms with Gasteiger partial charge in [0.05, 0.1) is 33.5 Å². The van der Waals surface area contributed by atoms with E-state index in [1.165, 1.54) is 21.5 Å². The van der Waals surface area contributed by atoms with Gasteiger partial charge in [0.15, 0.2) is 5.82 Å². The first-order chi connectivity index (χ1) is 31.2. The number of nitrogens with zero attached hydrogens (tertiary/aromatic N) is 4. The lowest BCUT2D eigenvalue weighted by atomic mass is 9.97. The fraction of sp³-hybridized carbons (Fsp3) is 0. The summed E-state index contributed by atoms with van der Waals surface area (Å²) in [4.78, 5) is 10.9. The zero-order valence-electron chi connectivity index (χ0n) is 34.0. The summed E-state index contributed by atoms with van der Waals surface area (Å²) in [6.45, 7) is 0. The van der Waals surface area contributed by atoms with Crippen LogP contribution in [0.2, 0.25) is 0 Å². The Morgan fingerprint density at radius 3 is 1.35 bits per heavy atom. The number of rotatable bonds is 6. The second kappa shape index (κ2) is 14.0. The van der Waals surface area contributed by atoms with Crippen LogP contribution in [0.1, 0.15) is 0 Å². The maximum atomic E-state index is 6.23. The molecule has 4 aromatic heterocycles. The number of para-hydroxylation sites is 5. The Hall–Kier alpha value is -8.54. The second-order valence-electron chi connectivity index (χ2n) is 16.2. The minimum atomic E-state index is 0.653. The zero-order valence-corrected chi connectivity index (χ0v) is 34.0. The Kier molecular flexibility index (Phi) is 7.84. The number of hydrogen-bond acceptors (Lipinski definition) is 3. The lowest BCUT2D eigenvalue weighted by molar-refractivity contribution is 0.669. The third-order valence-electron chi connectivity index (χ3n) is 12.5. The topological polar surface area (TPSA) is 48.8 Å². The molecule has 0 saturated carbocycles. The van der Waals surface area contributed by atoms with Gasteiger partial charge >= 0.3 is 0 Å². The molecule has 63 heavy (non-hydrogen) atoms. The molecule has 0 aliphatic rings. The van der Waals surface area contributed by atoms with Gasteiger partial charge in [-0.1, -0.05) is 152 Å². The van der Waals surface area contributed by atoms with E-state index in [0.29, 0.717) is 5.82 Å². The first kappa shape index (κ1) is 35.2. The summed E-state index contributed by atoms with van der Waals surface area (Å²) in [6.07, 6.45) is 0. The third kappa shape index (κ3) is 5.64. The fourth-order valence-corrected chi connectivity index (χ4v) is 9.70. The lowest BCUT2D eigenvalue weighted by Crippen LogP contribution is -2.02. The van der Waals surface area contributed by atoms with Crippen LogP contribution in [0.4, 0.5) is 0 Å². The highest BCUT2D eigenvalue weighted by atomic mass is 16.3. The second-order valence-corrected chi connectivity index (χ2v) is 16.2. The van der Waals surface area contributed by atoms with E-state index >= 15 is 0 Å². The molecule has 0 aliphatic heterocycles. The summed E-state index contributed by atoms with van der Waals surface area (Å²) in [6, 6.07) is 77.4. The van der Waals surface area contributed by atoms with E-state index in [2.05, 4.69) is 209 Å². The third-order valence-corrected chi connectivity index (χ3v) is 12.5. The highest BCUT2D eigenvalue weighted by molar-refractivity contribution is 6.11. The highest BCUT2D eigenvalue weighted by Gasteiger charge is 2.20. The van der Waals surface area contributed by atoms with E-state index in [0.717, 1.165) is 94.6 Å². The molecule has 13 rings (SSSR count). The van der Waals surface area contributed by atoms with Gasteiger partial charge in [-0.15, -0.1) is 0 Å². The molecule has 5 nitrogen and oxygen atoms in total. The maximum Gasteiger partial charge on any atom is 0.161 e. The SMILES string of the molecule is c1ccc(-c2cc(-c3cc(-n4c5ccccc5c5ccccc54)cc(-n4c5ccccc5c5ccccc54)c3)nc(-c3ccccc3-c3ccc4oc5ccccc5c4c3)n2)cc1. The van der Waals surface area contributed by atoms with Crippen molar-refractivity contribution < 1.29 is 4.42 Å². The number of furan rings is 1. The van der Waals surface area contributed by atoms with Crippen molar-refractivity contribution in [1.82, 2.24) is 19.1 Å². The fourth-order valence-electron chi connectivity index (χ4n) is 9.70. The summed E-state index contributed by atoms with van der Waals surface area (Å²) in [5, 5.41) is 7.03. The molecule has 0 unspecified atom stereocenters. The molecule has 0 radical (unpaired) electrons. The Labute approximate surface area is 362 Å². The van der Waals surface area contributed by atoms with Crippen molar-refractivity contribution in [2.24, 2.45) is 0 Å². The van der Waals surface area contributed by atoms with Gasteiger partial charge in [-0.2, -0.15) is 0 Å². The van der Waals surface area contributed by atoms with Crippen LogP contribution in [0.3, 0.4) is 0 Å². The van der Waals surface area contributed by atoms with Gasteiger partial charge in [-0.3, -0.25) is 0 Å². The van der Waals surface area contributed by atoms with E-state index in [1.54, 1.807) is 0 Å².